The lowest BCUT2D eigenvalue weighted by Crippen LogP contribution is -2.51. The molecule has 0 radical (unpaired) electrons. The molecule has 1 aliphatic carbocycles. The Bertz CT molecular complexity index is 304. The van der Waals surface area contributed by atoms with Crippen LogP contribution in [0.1, 0.15) is 46.0 Å². The number of alkyl halides is 3. The Morgan fingerprint density at radius 3 is 2.17 bits per heavy atom. The minimum atomic E-state index is -4.64. The molecule has 18 heavy (non-hydrogen) atoms. The Kier molecular flexibility index (Phi) is 4.30. The molecule has 0 aromatic carbocycles. The van der Waals surface area contributed by atoms with Gasteiger partial charge in [0.15, 0.2) is 5.60 Å². The van der Waals surface area contributed by atoms with Gasteiger partial charge in [0.05, 0.1) is 12.0 Å². The van der Waals surface area contributed by atoms with E-state index in [-0.39, 0.29) is 19.4 Å². The van der Waals surface area contributed by atoms with Crippen LogP contribution in [-0.2, 0) is 9.53 Å². The summed E-state index contributed by atoms with van der Waals surface area (Å²) in [6.45, 7) is 3.72. The topological polar surface area (TPSA) is 46.5 Å². The molecule has 6 heteroatoms. The van der Waals surface area contributed by atoms with Crippen molar-refractivity contribution < 1.29 is 27.8 Å². The zero-order valence-corrected chi connectivity index (χ0v) is 10.6. The molecule has 0 amide bonds. The maximum absolute atomic E-state index is 12.6. The van der Waals surface area contributed by atoms with E-state index in [1.54, 1.807) is 6.92 Å². The molecule has 3 nitrogen and oxygen atoms in total. The lowest BCUT2D eigenvalue weighted by atomic mass is 9.69. The Labute approximate surface area is 104 Å². The Morgan fingerprint density at radius 1 is 1.28 bits per heavy atom. The minimum Gasteiger partial charge on any atom is -0.465 e. The molecule has 0 aromatic rings. The number of esters is 1. The predicted octanol–water partition coefficient (Wildman–Crippen LogP) is 2.81. The summed E-state index contributed by atoms with van der Waals surface area (Å²) in [4.78, 5) is 11.8. The Balaban J connectivity index is 2.65. The van der Waals surface area contributed by atoms with E-state index in [1.165, 1.54) is 0 Å². The largest absolute Gasteiger partial charge is 0.465 e. The highest BCUT2D eigenvalue weighted by Crippen LogP contribution is 2.48. The van der Waals surface area contributed by atoms with E-state index in [1.807, 2.05) is 6.92 Å². The quantitative estimate of drug-likeness (QED) is 0.801. The average Bonchev–Trinajstić information content (AvgIpc) is 2.28. The van der Waals surface area contributed by atoms with Gasteiger partial charge in [-0.1, -0.05) is 6.92 Å². The maximum Gasteiger partial charge on any atom is 0.417 e. The van der Waals surface area contributed by atoms with E-state index in [0.717, 1.165) is 0 Å². The van der Waals surface area contributed by atoms with Crippen LogP contribution in [0.2, 0.25) is 0 Å². The number of hydrogen-bond donors (Lipinski definition) is 1. The van der Waals surface area contributed by atoms with Gasteiger partial charge in [-0.3, -0.25) is 4.79 Å². The van der Waals surface area contributed by atoms with Crippen molar-refractivity contribution in [2.45, 2.75) is 57.7 Å². The van der Waals surface area contributed by atoms with Gasteiger partial charge < -0.3 is 9.84 Å². The normalized spacial score (nSPS) is 33.2. The highest BCUT2D eigenvalue weighted by molar-refractivity contribution is 5.76. The molecule has 0 unspecified atom stereocenters. The first-order valence-electron chi connectivity index (χ1n) is 6.11. The third-order valence-electron chi connectivity index (χ3n) is 3.64. The molecule has 0 aromatic heterocycles. The maximum atomic E-state index is 12.6. The molecule has 106 valence electrons. The summed E-state index contributed by atoms with van der Waals surface area (Å²) in [5, 5.41) is 9.52. The number of hydrogen-bond acceptors (Lipinski definition) is 3. The molecule has 1 rings (SSSR count). The van der Waals surface area contributed by atoms with Crippen molar-refractivity contribution in [2.75, 3.05) is 6.61 Å². The molecule has 1 aliphatic rings. The summed E-state index contributed by atoms with van der Waals surface area (Å²) in [5.74, 6) is -0.464. The van der Waals surface area contributed by atoms with Crippen molar-refractivity contribution in [1.82, 2.24) is 0 Å². The number of carbonyl (C=O) groups is 1. The zero-order chi connectivity index (χ0) is 14.0. The first-order chi connectivity index (χ1) is 8.15. The van der Waals surface area contributed by atoms with Gasteiger partial charge in [-0.05, 0) is 39.0 Å². The van der Waals surface area contributed by atoms with Crippen LogP contribution in [0.25, 0.3) is 0 Å². The standard InChI is InChI=1S/C12H19F3O3/c1-3-8-18-9(16)10(2)4-6-11(17,7-5-10)12(13,14)15/h17H,3-8H2,1-2H3. The summed E-state index contributed by atoms with van der Waals surface area (Å²) >= 11 is 0. The molecule has 0 aliphatic heterocycles. The number of rotatable bonds is 3. The van der Waals surface area contributed by atoms with Crippen LogP contribution in [0, 0.1) is 5.41 Å². The second-order valence-corrected chi connectivity index (χ2v) is 5.23. The van der Waals surface area contributed by atoms with Crippen molar-refractivity contribution in [1.29, 1.82) is 0 Å². The molecule has 0 heterocycles. The fraction of sp³-hybridized carbons (Fsp3) is 0.917. The van der Waals surface area contributed by atoms with Crippen LogP contribution in [0.5, 0.6) is 0 Å². The summed E-state index contributed by atoms with van der Waals surface area (Å²) in [5.41, 5.74) is -3.57. The van der Waals surface area contributed by atoms with Crippen molar-refractivity contribution in [3.63, 3.8) is 0 Å². The van der Waals surface area contributed by atoms with Gasteiger partial charge in [-0.2, -0.15) is 13.2 Å². The van der Waals surface area contributed by atoms with Gasteiger partial charge in [0.2, 0.25) is 0 Å². The first-order valence-corrected chi connectivity index (χ1v) is 6.11. The van der Waals surface area contributed by atoms with Crippen LogP contribution < -0.4 is 0 Å². The number of ether oxygens (including phenoxy) is 1. The minimum absolute atomic E-state index is 0.00838. The zero-order valence-electron chi connectivity index (χ0n) is 10.6. The van der Waals surface area contributed by atoms with Crippen LogP contribution in [0.3, 0.4) is 0 Å². The van der Waals surface area contributed by atoms with Gasteiger partial charge in [0.1, 0.15) is 0 Å². The molecule has 0 bridgehead atoms. The van der Waals surface area contributed by atoms with E-state index in [2.05, 4.69) is 0 Å². The molecule has 0 saturated heterocycles. The average molecular weight is 268 g/mol. The summed E-state index contributed by atoms with van der Waals surface area (Å²) in [6.07, 6.45) is -4.88. The lowest BCUT2D eigenvalue weighted by Gasteiger charge is -2.41. The van der Waals surface area contributed by atoms with Gasteiger partial charge in [0.25, 0.3) is 0 Å². The van der Waals surface area contributed by atoms with Crippen LogP contribution in [-0.4, -0.2) is 29.5 Å². The highest BCUT2D eigenvalue weighted by Gasteiger charge is 2.57. The predicted molar refractivity (Wildman–Crippen MR) is 58.8 cm³/mol. The first kappa shape index (κ1) is 15.3. The van der Waals surface area contributed by atoms with Crippen LogP contribution >= 0.6 is 0 Å². The van der Waals surface area contributed by atoms with Crippen LogP contribution in [0.4, 0.5) is 13.2 Å². The summed E-state index contributed by atoms with van der Waals surface area (Å²) < 4.78 is 42.8. The highest BCUT2D eigenvalue weighted by atomic mass is 19.4. The molecule has 1 N–H and O–H groups in total. The van der Waals surface area contributed by atoms with E-state index >= 15 is 0 Å². The molecular formula is C12H19F3O3. The third kappa shape index (κ3) is 2.96. The van der Waals surface area contributed by atoms with E-state index in [9.17, 15) is 23.1 Å². The molecule has 0 spiro atoms. The number of halogens is 3. The molecule has 1 fully saturated rings. The SMILES string of the molecule is CCCOC(=O)C1(C)CCC(O)(C(F)(F)F)CC1. The second-order valence-electron chi connectivity index (χ2n) is 5.23. The third-order valence-corrected chi connectivity index (χ3v) is 3.64. The molecular weight excluding hydrogens is 249 g/mol. The fourth-order valence-corrected chi connectivity index (χ4v) is 2.07. The monoisotopic (exact) mass is 268 g/mol. The molecule has 1 saturated carbocycles. The van der Waals surface area contributed by atoms with Crippen molar-refractivity contribution in [3.05, 3.63) is 0 Å². The smallest absolute Gasteiger partial charge is 0.417 e. The molecule has 0 atom stereocenters. The van der Waals surface area contributed by atoms with E-state index < -0.39 is 36.0 Å². The summed E-state index contributed by atoms with van der Waals surface area (Å²) in [7, 11) is 0. The van der Waals surface area contributed by atoms with Crippen molar-refractivity contribution >= 4 is 5.97 Å². The number of carbonyl (C=O) groups excluding carboxylic acids is 1. The number of aliphatic hydroxyl groups is 1. The van der Waals surface area contributed by atoms with Crippen LogP contribution in [0.15, 0.2) is 0 Å². The van der Waals surface area contributed by atoms with E-state index in [0.29, 0.717) is 6.42 Å². The Hall–Kier alpha value is -0.780. The van der Waals surface area contributed by atoms with Crippen molar-refractivity contribution in [3.8, 4) is 0 Å². The van der Waals surface area contributed by atoms with Gasteiger partial charge in [0, 0.05) is 0 Å². The summed E-state index contributed by atoms with van der Waals surface area (Å²) in [6, 6.07) is 0. The Morgan fingerprint density at radius 2 is 1.78 bits per heavy atom. The lowest BCUT2D eigenvalue weighted by molar-refractivity contribution is -0.275. The fourth-order valence-electron chi connectivity index (χ4n) is 2.07. The van der Waals surface area contributed by atoms with Gasteiger partial charge in [-0.15, -0.1) is 0 Å². The second kappa shape index (κ2) is 5.07. The van der Waals surface area contributed by atoms with E-state index in [4.69, 9.17) is 4.74 Å². The van der Waals surface area contributed by atoms with Crippen molar-refractivity contribution in [2.24, 2.45) is 5.41 Å². The van der Waals surface area contributed by atoms with Gasteiger partial charge in [-0.25, -0.2) is 0 Å². The van der Waals surface area contributed by atoms with Gasteiger partial charge >= 0.3 is 12.1 Å².